The molecule has 0 aliphatic rings. The molecule has 0 radical (unpaired) electrons. The van der Waals surface area contributed by atoms with Crippen LogP contribution in [0.2, 0.25) is 0 Å². The summed E-state index contributed by atoms with van der Waals surface area (Å²) in [6.45, 7) is 4.03. The number of hydrogen-bond donors (Lipinski definition) is 1. The number of aryl methyl sites for hydroxylation is 1. The van der Waals surface area contributed by atoms with Crippen LogP contribution in [-0.2, 0) is 36.9 Å². The van der Waals surface area contributed by atoms with E-state index in [4.69, 9.17) is 14.2 Å². The van der Waals surface area contributed by atoms with E-state index in [1.165, 1.54) is 32.1 Å². The van der Waals surface area contributed by atoms with Crippen molar-refractivity contribution in [2.45, 2.75) is 45.8 Å². The van der Waals surface area contributed by atoms with E-state index in [-0.39, 0.29) is 24.5 Å². The second-order valence-corrected chi connectivity index (χ2v) is 10.8. The highest BCUT2D eigenvalue weighted by Gasteiger charge is 2.34. The number of carbonyl (C=O) groups excluding carboxylic acids is 3. The van der Waals surface area contributed by atoms with Gasteiger partial charge in [-0.25, -0.2) is 0 Å². The molecule has 8 nitrogen and oxygen atoms in total. The quantitative estimate of drug-likeness (QED) is 0.204. The van der Waals surface area contributed by atoms with Gasteiger partial charge in [-0.15, -0.1) is 11.3 Å². The van der Waals surface area contributed by atoms with Crippen molar-refractivity contribution in [3.63, 3.8) is 0 Å². The van der Waals surface area contributed by atoms with E-state index in [1.54, 1.807) is 12.1 Å². The van der Waals surface area contributed by atoms with Gasteiger partial charge < -0.3 is 19.5 Å². The molecular weight excluding hydrogens is 530 g/mol. The molecule has 0 saturated carbocycles. The van der Waals surface area contributed by atoms with Gasteiger partial charge in [-0.2, -0.15) is 0 Å². The van der Waals surface area contributed by atoms with Crippen LogP contribution >= 0.6 is 11.3 Å². The average Bonchev–Trinajstić information content (AvgIpc) is 2.93. The second kappa shape index (κ2) is 12.7. The maximum Gasteiger partial charge on any atom is 0.302 e. The molecule has 40 heavy (non-hydrogen) atoms. The number of fused-ring (bicyclic) bond motifs is 2. The zero-order valence-corrected chi connectivity index (χ0v) is 23.5. The molecule has 1 amide bonds. The molecule has 0 fully saturated rings. The van der Waals surface area contributed by atoms with E-state index in [1.807, 2.05) is 54.6 Å². The third-order valence-corrected chi connectivity index (χ3v) is 7.53. The van der Waals surface area contributed by atoms with Gasteiger partial charge in [-0.1, -0.05) is 36.4 Å². The lowest BCUT2D eigenvalue weighted by atomic mass is 9.92. The number of ether oxygens (including phenoxy) is 3. The van der Waals surface area contributed by atoms with E-state index in [2.05, 4.69) is 5.32 Å². The van der Waals surface area contributed by atoms with Crippen LogP contribution in [0.3, 0.4) is 0 Å². The summed E-state index contributed by atoms with van der Waals surface area (Å²) in [4.78, 5) is 48.4. The van der Waals surface area contributed by atoms with Crippen LogP contribution in [0.4, 0.5) is 0 Å². The van der Waals surface area contributed by atoms with Gasteiger partial charge in [0.2, 0.25) is 5.91 Å². The van der Waals surface area contributed by atoms with Crippen LogP contribution in [0.5, 0.6) is 5.75 Å². The standard InChI is InChI=1S/C31H31NO7S/c1-20(33)32-31(18-38-21(2)34,19-39-22(3)35)14-13-23-9-11-26-29(15-23)40-28-12-10-25(16-27(28)30(26)36)37-17-24-7-5-4-6-8-24/h4-12,15-16H,13-14,17-19H2,1-3H3,(H,32,33). The lowest BCUT2D eigenvalue weighted by Gasteiger charge is -2.33. The Morgan fingerprint density at radius 3 is 2.15 bits per heavy atom. The molecule has 0 unspecified atom stereocenters. The fraction of sp³-hybridized carbons (Fsp3) is 0.290. The van der Waals surface area contributed by atoms with Crippen molar-refractivity contribution in [1.29, 1.82) is 0 Å². The summed E-state index contributed by atoms with van der Waals surface area (Å²) in [6, 6.07) is 21.0. The first-order chi connectivity index (χ1) is 19.1. The number of carbonyl (C=O) groups is 3. The summed E-state index contributed by atoms with van der Waals surface area (Å²) in [7, 11) is 0. The molecule has 4 aromatic rings. The predicted molar refractivity (Wildman–Crippen MR) is 155 cm³/mol. The summed E-state index contributed by atoms with van der Waals surface area (Å²) >= 11 is 1.51. The van der Waals surface area contributed by atoms with Crippen molar-refractivity contribution < 1.29 is 28.6 Å². The minimum absolute atomic E-state index is 0.0715. The van der Waals surface area contributed by atoms with Crippen molar-refractivity contribution in [3.05, 3.63) is 88.1 Å². The minimum atomic E-state index is -1.09. The van der Waals surface area contributed by atoms with Crippen molar-refractivity contribution in [3.8, 4) is 5.75 Å². The monoisotopic (exact) mass is 561 g/mol. The lowest BCUT2D eigenvalue weighted by Crippen LogP contribution is -2.55. The third kappa shape index (κ3) is 7.45. The smallest absolute Gasteiger partial charge is 0.302 e. The van der Waals surface area contributed by atoms with Gasteiger partial charge in [-0.05, 0) is 54.3 Å². The molecule has 0 aliphatic carbocycles. The zero-order chi connectivity index (χ0) is 28.7. The summed E-state index contributed by atoms with van der Waals surface area (Å²) in [5, 5.41) is 4.02. The number of hydrogen-bond acceptors (Lipinski definition) is 8. The Kier molecular flexibility index (Phi) is 9.16. The van der Waals surface area contributed by atoms with Gasteiger partial charge in [0.1, 0.15) is 31.1 Å². The first-order valence-corrected chi connectivity index (χ1v) is 13.7. The molecule has 4 rings (SSSR count). The van der Waals surface area contributed by atoms with Gasteiger partial charge in [0, 0.05) is 40.9 Å². The first-order valence-electron chi connectivity index (χ1n) is 12.9. The van der Waals surface area contributed by atoms with Crippen LogP contribution in [0.15, 0.2) is 71.5 Å². The van der Waals surface area contributed by atoms with Crippen LogP contribution in [0.1, 0.15) is 38.3 Å². The van der Waals surface area contributed by atoms with Gasteiger partial charge in [-0.3, -0.25) is 19.2 Å². The fourth-order valence-electron chi connectivity index (χ4n) is 4.42. The maximum atomic E-state index is 13.4. The van der Waals surface area contributed by atoms with Gasteiger partial charge >= 0.3 is 11.9 Å². The van der Waals surface area contributed by atoms with Gasteiger partial charge in [0.05, 0.1) is 0 Å². The van der Waals surface area contributed by atoms with Crippen LogP contribution in [-0.4, -0.2) is 36.6 Å². The van der Waals surface area contributed by atoms with E-state index >= 15 is 0 Å². The molecule has 1 aromatic heterocycles. The van der Waals surface area contributed by atoms with Gasteiger partial charge in [0.25, 0.3) is 0 Å². The highest BCUT2D eigenvalue weighted by atomic mass is 32.1. The highest BCUT2D eigenvalue weighted by molar-refractivity contribution is 7.24. The summed E-state index contributed by atoms with van der Waals surface area (Å²) in [5.74, 6) is -0.719. The maximum absolute atomic E-state index is 13.4. The average molecular weight is 562 g/mol. The molecule has 0 saturated heterocycles. The number of rotatable bonds is 11. The SMILES string of the molecule is CC(=O)NC(CCc1ccc2c(=O)c3cc(OCc4ccccc4)ccc3sc2c1)(COC(C)=O)COC(C)=O. The lowest BCUT2D eigenvalue weighted by molar-refractivity contribution is -0.150. The molecule has 9 heteroatoms. The largest absolute Gasteiger partial charge is 0.489 e. The molecule has 3 aromatic carbocycles. The molecular formula is C31H31NO7S. The normalized spacial score (nSPS) is 11.3. The second-order valence-electron chi connectivity index (χ2n) is 9.72. The van der Waals surface area contributed by atoms with Crippen molar-refractivity contribution in [2.24, 2.45) is 0 Å². The molecule has 1 N–H and O–H groups in total. The molecule has 0 atom stereocenters. The Hall–Kier alpha value is -4.24. The minimum Gasteiger partial charge on any atom is -0.489 e. The highest BCUT2D eigenvalue weighted by Crippen LogP contribution is 2.29. The van der Waals surface area contributed by atoms with Crippen molar-refractivity contribution in [2.75, 3.05) is 13.2 Å². The molecule has 1 heterocycles. The topological polar surface area (TPSA) is 108 Å². The molecule has 0 bridgehead atoms. The summed E-state index contributed by atoms with van der Waals surface area (Å²) in [5.41, 5.74) is 0.802. The van der Waals surface area contributed by atoms with Crippen LogP contribution in [0, 0.1) is 0 Å². The molecule has 208 valence electrons. The van der Waals surface area contributed by atoms with Crippen LogP contribution < -0.4 is 15.5 Å². The Balaban J connectivity index is 1.58. The van der Waals surface area contributed by atoms with E-state index in [9.17, 15) is 19.2 Å². The number of benzene rings is 3. The van der Waals surface area contributed by atoms with Gasteiger partial charge in [0.15, 0.2) is 5.43 Å². The molecule has 0 spiro atoms. The number of nitrogens with one attached hydrogen (secondary N) is 1. The predicted octanol–water partition coefficient (Wildman–Crippen LogP) is 4.93. The number of esters is 2. The summed E-state index contributed by atoms with van der Waals surface area (Å²) < 4.78 is 18.0. The van der Waals surface area contributed by atoms with Crippen LogP contribution in [0.25, 0.3) is 20.2 Å². The van der Waals surface area contributed by atoms with E-state index in [0.29, 0.717) is 36.0 Å². The molecule has 0 aliphatic heterocycles. The Morgan fingerprint density at radius 2 is 1.50 bits per heavy atom. The van der Waals surface area contributed by atoms with Crippen molar-refractivity contribution >= 4 is 49.4 Å². The van der Waals surface area contributed by atoms with E-state index in [0.717, 1.165) is 20.5 Å². The Bertz CT molecular complexity index is 1580. The Morgan fingerprint density at radius 1 is 0.800 bits per heavy atom. The zero-order valence-electron chi connectivity index (χ0n) is 22.7. The fourth-order valence-corrected chi connectivity index (χ4v) is 5.54. The van der Waals surface area contributed by atoms with E-state index < -0.39 is 17.5 Å². The number of amides is 1. The Labute approximate surface area is 235 Å². The first kappa shape index (κ1) is 28.8. The third-order valence-electron chi connectivity index (χ3n) is 6.39. The van der Waals surface area contributed by atoms with Crippen molar-refractivity contribution in [1.82, 2.24) is 5.32 Å². The summed E-state index contributed by atoms with van der Waals surface area (Å²) in [6.07, 6.45) is 0.813.